The lowest BCUT2D eigenvalue weighted by molar-refractivity contribution is -0.133. The Bertz CT molecular complexity index is 205. The van der Waals surface area contributed by atoms with Crippen molar-refractivity contribution in [3.63, 3.8) is 0 Å². The first-order chi connectivity index (χ1) is 6.64. The highest BCUT2D eigenvalue weighted by Gasteiger charge is 2.55. The molecule has 1 aliphatic heterocycles. The highest BCUT2D eigenvalue weighted by atomic mass is 127. The van der Waals surface area contributed by atoms with Crippen molar-refractivity contribution in [2.24, 2.45) is 11.8 Å². The van der Waals surface area contributed by atoms with Gasteiger partial charge in [-0.1, -0.05) is 0 Å². The maximum absolute atomic E-state index is 13.5. The molecule has 2 aliphatic rings. The average molecular weight is 317 g/mol. The van der Waals surface area contributed by atoms with Gasteiger partial charge in [0.15, 0.2) is 0 Å². The van der Waals surface area contributed by atoms with Crippen LogP contribution in [0.1, 0.15) is 12.8 Å². The minimum Gasteiger partial charge on any atom is -0.314 e. The van der Waals surface area contributed by atoms with Crippen LogP contribution in [0.25, 0.3) is 0 Å². The Morgan fingerprint density at radius 1 is 1.29 bits per heavy atom. The van der Waals surface area contributed by atoms with Gasteiger partial charge in [-0.05, 0) is 12.8 Å². The Labute approximate surface area is 96.7 Å². The molecular weight excluding hydrogens is 303 g/mol. The van der Waals surface area contributed by atoms with E-state index in [2.05, 4.69) is 0 Å². The molecule has 5 heteroatoms. The van der Waals surface area contributed by atoms with Gasteiger partial charge < -0.3 is 3.07 Å². The third-order valence-corrected chi connectivity index (χ3v) is 3.55. The van der Waals surface area contributed by atoms with Crippen molar-refractivity contribution >= 4 is 23.0 Å². The van der Waals surface area contributed by atoms with Gasteiger partial charge >= 0.3 is 0 Å². The van der Waals surface area contributed by atoms with Gasteiger partial charge in [0, 0.05) is 31.5 Å². The third-order valence-electron chi connectivity index (χ3n) is 3.11. The molecule has 0 amide bonds. The number of halogens is 3. The van der Waals surface area contributed by atoms with Crippen LogP contribution in [-0.2, 0) is 3.07 Å². The number of likely N-dealkylation sites (tertiary alicyclic amines) is 1. The van der Waals surface area contributed by atoms with Crippen molar-refractivity contribution in [1.29, 1.82) is 0 Å². The minimum absolute atomic E-state index is 0.310. The lowest BCUT2D eigenvalue weighted by atomic mass is 9.90. The molecule has 0 aromatic heterocycles. The van der Waals surface area contributed by atoms with Crippen LogP contribution in [0.3, 0.4) is 0 Å². The van der Waals surface area contributed by atoms with Crippen LogP contribution in [0.2, 0.25) is 0 Å². The maximum Gasteiger partial charge on any atom is 0.256 e. The molecule has 1 aliphatic carbocycles. The summed E-state index contributed by atoms with van der Waals surface area (Å²) in [6, 6.07) is 0. The van der Waals surface area contributed by atoms with E-state index in [1.165, 1.54) is 0 Å². The second-order valence-electron chi connectivity index (χ2n) is 4.22. The van der Waals surface area contributed by atoms with Crippen LogP contribution >= 0.6 is 23.0 Å². The molecule has 0 unspecified atom stereocenters. The number of hydrogen-bond acceptors (Lipinski definition) is 2. The predicted octanol–water partition coefficient (Wildman–Crippen LogP) is 2.33. The Kier molecular flexibility index (Phi) is 3.28. The Balaban J connectivity index is 1.71. The van der Waals surface area contributed by atoms with E-state index in [0.717, 1.165) is 19.4 Å². The van der Waals surface area contributed by atoms with E-state index in [9.17, 15) is 8.78 Å². The first-order valence-electron chi connectivity index (χ1n) is 4.98. The summed E-state index contributed by atoms with van der Waals surface area (Å²) >= 11 is 1.83. The van der Waals surface area contributed by atoms with Gasteiger partial charge in [0.05, 0.1) is 6.61 Å². The second kappa shape index (κ2) is 4.17. The van der Waals surface area contributed by atoms with Crippen molar-refractivity contribution in [2.45, 2.75) is 18.8 Å². The molecule has 0 radical (unpaired) electrons. The summed E-state index contributed by atoms with van der Waals surface area (Å²) in [5.74, 6) is -3.11. The minimum atomic E-state index is -2.40. The molecule has 0 bridgehead atoms. The Morgan fingerprint density at radius 3 is 2.43 bits per heavy atom. The van der Waals surface area contributed by atoms with Gasteiger partial charge in [-0.2, -0.15) is 0 Å². The number of alkyl halides is 2. The van der Waals surface area contributed by atoms with Crippen molar-refractivity contribution in [1.82, 2.24) is 4.90 Å². The van der Waals surface area contributed by atoms with Crippen molar-refractivity contribution in [3.05, 3.63) is 0 Å². The van der Waals surface area contributed by atoms with E-state index in [1.54, 1.807) is 0 Å². The SMILES string of the molecule is FC(F)(C1CC1)C1CN(CCOI)C1. The molecular formula is C9H14F2INO. The van der Waals surface area contributed by atoms with Gasteiger partial charge in [0.1, 0.15) is 23.0 Å². The Morgan fingerprint density at radius 2 is 1.93 bits per heavy atom. The second-order valence-corrected chi connectivity index (χ2v) is 4.84. The highest BCUT2D eigenvalue weighted by Crippen LogP contribution is 2.49. The standard InChI is InChI=1S/C9H14F2INO/c10-9(11,7-1-2-7)8-5-13(6-8)3-4-14-12/h7-8H,1-6H2. The van der Waals surface area contributed by atoms with Gasteiger partial charge in [-0.15, -0.1) is 0 Å². The normalized spacial score (nSPS) is 25.1. The lowest BCUT2D eigenvalue weighted by Gasteiger charge is -2.43. The van der Waals surface area contributed by atoms with E-state index >= 15 is 0 Å². The van der Waals surface area contributed by atoms with E-state index in [0.29, 0.717) is 19.7 Å². The summed E-state index contributed by atoms with van der Waals surface area (Å²) in [5.41, 5.74) is 0. The van der Waals surface area contributed by atoms with Crippen LogP contribution < -0.4 is 0 Å². The average Bonchev–Trinajstić information content (AvgIpc) is 2.82. The molecule has 0 aromatic rings. The molecule has 2 fully saturated rings. The van der Waals surface area contributed by atoms with E-state index < -0.39 is 11.8 Å². The zero-order valence-electron chi connectivity index (χ0n) is 7.89. The van der Waals surface area contributed by atoms with Crippen LogP contribution in [0.4, 0.5) is 8.78 Å². The quantitative estimate of drug-likeness (QED) is 0.722. The lowest BCUT2D eigenvalue weighted by Crippen LogP contribution is -2.55. The largest absolute Gasteiger partial charge is 0.314 e. The van der Waals surface area contributed by atoms with Crippen LogP contribution in [0.5, 0.6) is 0 Å². The molecule has 82 valence electrons. The summed E-state index contributed by atoms with van der Waals surface area (Å²) in [6.07, 6.45) is 1.45. The third kappa shape index (κ3) is 2.19. The fraction of sp³-hybridized carbons (Fsp3) is 1.00. The van der Waals surface area contributed by atoms with Crippen LogP contribution in [0, 0.1) is 11.8 Å². The van der Waals surface area contributed by atoms with Crippen LogP contribution in [0.15, 0.2) is 0 Å². The van der Waals surface area contributed by atoms with Crippen molar-refractivity contribution in [2.75, 3.05) is 26.2 Å². The maximum atomic E-state index is 13.5. The molecule has 0 atom stereocenters. The summed E-state index contributed by atoms with van der Waals surface area (Å²) in [4.78, 5) is 2.03. The molecule has 1 saturated carbocycles. The van der Waals surface area contributed by atoms with E-state index in [-0.39, 0.29) is 5.92 Å². The van der Waals surface area contributed by atoms with Crippen LogP contribution in [-0.4, -0.2) is 37.1 Å². The first-order valence-corrected chi connectivity index (χ1v) is 5.86. The van der Waals surface area contributed by atoms with Crippen molar-refractivity contribution in [3.8, 4) is 0 Å². The van der Waals surface area contributed by atoms with Gasteiger partial charge in [-0.25, -0.2) is 8.78 Å². The molecule has 2 nitrogen and oxygen atoms in total. The summed E-state index contributed by atoms with van der Waals surface area (Å²) in [7, 11) is 0. The molecule has 14 heavy (non-hydrogen) atoms. The molecule has 0 aromatic carbocycles. The van der Waals surface area contributed by atoms with Gasteiger partial charge in [0.25, 0.3) is 5.92 Å². The molecule has 0 N–H and O–H groups in total. The molecule has 0 spiro atoms. The smallest absolute Gasteiger partial charge is 0.256 e. The summed E-state index contributed by atoms with van der Waals surface area (Å²) < 4.78 is 31.8. The number of nitrogens with zero attached hydrogens (tertiary/aromatic N) is 1. The summed E-state index contributed by atoms with van der Waals surface area (Å²) in [5, 5.41) is 0. The molecule has 1 heterocycles. The van der Waals surface area contributed by atoms with Gasteiger partial charge in [-0.3, -0.25) is 4.90 Å². The molecule has 1 saturated heterocycles. The Hall–Kier alpha value is 0.510. The highest BCUT2D eigenvalue weighted by molar-refractivity contribution is 14.1. The molecule has 2 rings (SSSR count). The topological polar surface area (TPSA) is 12.5 Å². The number of rotatable bonds is 5. The first kappa shape index (κ1) is 11.0. The fourth-order valence-corrected chi connectivity index (χ4v) is 2.16. The van der Waals surface area contributed by atoms with E-state index in [4.69, 9.17) is 3.07 Å². The van der Waals surface area contributed by atoms with Crippen molar-refractivity contribution < 1.29 is 11.8 Å². The fourth-order valence-electron chi connectivity index (χ4n) is 1.96. The zero-order valence-corrected chi connectivity index (χ0v) is 10.0. The van der Waals surface area contributed by atoms with Gasteiger partial charge in [0.2, 0.25) is 0 Å². The number of hydrogen-bond donors (Lipinski definition) is 0. The predicted molar refractivity (Wildman–Crippen MR) is 57.6 cm³/mol. The van der Waals surface area contributed by atoms with E-state index in [1.807, 2.05) is 27.9 Å². The zero-order chi connectivity index (χ0) is 10.2. The summed E-state index contributed by atoms with van der Waals surface area (Å²) in [6.45, 7) is 2.50. The monoisotopic (exact) mass is 317 g/mol.